The van der Waals surface area contributed by atoms with E-state index in [9.17, 15) is 0 Å². The van der Waals surface area contributed by atoms with Crippen molar-refractivity contribution in [3.63, 3.8) is 0 Å². The Bertz CT molecular complexity index is 261. The Balaban J connectivity index is 2.09. The zero-order chi connectivity index (χ0) is 11.6. The Morgan fingerprint density at radius 2 is 2.12 bits per heavy atom. The summed E-state index contributed by atoms with van der Waals surface area (Å²) in [7, 11) is 4.17. The van der Waals surface area contributed by atoms with E-state index in [-0.39, 0.29) is 0 Å². The summed E-state index contributed by atoms with van der Waals surface area (Å²) < 4.78 is 0. The molecule has 0 unspecified atom stereocenters. The molecule has 0 aliphatic rings. The summed E-state index contributed by atoms with van der Waals surface area (Å²) in [6, 6.07) is 6.09. The van der Waals surface area contributed by atoms with Crippen molar-refractivity contribution in [2.45, 2.75) is 25.8 Å². The smallest absolute Gasteiger partial charge is 0.0543 e. The number of aromatic nitrogens is 1. The second kappa shape index (κ2) is 8.25. The lowest BCUT2D eigenvalue weighted by Gasteiger charge is -2.15. The van der Waals surface area contributed by atoms with Gasteiger partial charge in [0.1, 0.15) is 0 Å². The molecule has 0 aromatic carbocycles. The van der Waals surface area contributed by atoms with Crippen LogP contribution in [0.5, 0.6) is 0 Å². The van der Waals surface area contributed by atoms with Crippen molar-refractivity contribution in [2.24, 2.45) is 0 Å². The third kappa shape index (κ3) is 5.83. The summed E-state index contributed by atoms with van der Waals surface area (Å²) in [5.41, 5.74) is 1.15. The Hall–Kier alpha value is -0.930. The molecule has 90 valence electrons. The van der Waals surface area contributed by atoms with Gasteiger partial charge < -0.3 is 10.2 Å². The summed E-state index contributed by atoms with van der Waals surface area (Å²) in [6.07, 6.45) is 5.70. The Kier molecular flexibility index (Phi) is 6.77. The first-order chi connectivity index (χ1) is 7.83. The number of nitrogens with one attached hydrogen (secondary N) is 1. The summed E-state index contributed by atoms with van der Waals surface area (Å²) >= 11 is 0. The van der Waals surface area contributed by atoms with Crippen molar-refractivity contribution in [3.8, 4) is 0 Å². The predicted octanol–water partition coefficient (Wildman–Crippen LogP) is 1.90. The van der Waals surface area contributed by atoms with E-state index in [4.69, 9.17) is 0 Å². The lowest BCUT2D eigenvalue weighted by molar-refractivity contribution is 0.313. The largest absolute Gasteiger partial charge is 0.320 e. The molecule has 1 heterocycles. The van der Waals surface area contributed by atoms with Crippen molar-refractivity contribution in [1.29, 1.82) is 0 Å². The Morgan fingerprint density at radius 1 is 1.25 bits per heavy atom. The molecule has 1 N–H and O–H groups in total. The number of hydrogen-bond donors (Lipinski definition) is 1. The maximum atomic E-state index is 4.32. The van der Waals surface area contributed by atoms with Crippen LogP contribution in [0.25, 0.3) is 0 Å². The molecule has 0 saturated heterocycles. The van der Waals surface area contributed by atoms with E-state index in [1.54, 1.807) is 0 Å². The molecule has 16 heavy (non-hydrogen) atoms. The molecule has 0 fully saturated rings. The number of rotatable bonds is 8. The van der Waals surface area contributed by atoms with Crippen LogP contribution in [0.2, 0.25) is 0 Å². The average molecular weight is 221 g/mol. The highest BCUT2D eigenvalue weighted by molar-refractivity contribution is 5.02. The second-order valence-electron chi connectivity index (χ2n) is 4.22. The number of hydrogen-bond acceptors (Lipinski definition) is 3. The Labute approximate surface area is 98.9 Å². The summed E-state index contributed by atoms with van der Waals surface area (Å²) in [5, 5.41) is 3.17. The third-order valence-electron chi connectivity index (χ3n) is 2.62. The third-order valence-corrected chi connectivity index (χ3v) is 2.62. The molecule has 0 atom stereocenters. The van der Waals surface area contributed by atoms with Crippen LogP contribution in [-0.4, -0.2) is 37.1 Å². The molecule has 3 nitrogen and oxygen atoms in total. The van der Waals surface area contributed by atoms with Crippen LogP contribution in [0.3, 0.4) is 0 Å². The minimum Gasteiger partial charge on any atom is -0.320 e. The minimum absolute atomic E-state index is 0.951. The average Bonchev–Trinajstić information content (AvgIpc) is 2.30. The van der Waals surface area contributed by atoms with Crippen LogP contribution in [0.4, 0.5) is 0 Å². The molecule has 0 radical (unpaired) electrons. The minimum atomic E-state index is 0.951. The van der Waals surface area contributed by atoms with Crippen LogP contribution in [-0.2, 0) is 6.54 Å². The highest BCUT2D eigenvalue weighted by Crippen LogP contribution is 2.01. The fourth-order valence-electron chi connectivity index (χ4n) is 1.71. The van der Waals surface area contributed by atoms with Gasteiger partial charge in [-0.05, 0) is 52.2 Å². The molecule has 0 aliphatic heterocycles. The van der Waals surface area contributed by atoms with Crippen molar-refractivity contribution in [2.75, 3.05) is 27.2 Å². The van der Waals surface area contributed by atoms with Crippen molar-refractivity contribution in [3.05, 3.63) is 30.1 Å². The van der Waals surface area contributed by atoms with Gasteiger partial charge in [-0.3, -0.25) is 4.98 Å². The molecule has 1 aromatic rings. The van der Waals surface area contributed by atoms with Gasteiger partial charge in [0.15, 0.2) is 0 Å². The van der Waals surface area contributed by atoms with Crippen LogP contribution >= 0.6 is 0 Å². The second-order valence-corrected chi connectivity index (χ2v) is 4.22. The zero-order valence-corrected chi connectivity index (χ0v) is 10.4. The van der Waals surface area contributed by atoms with E-state index in [0.717, 1.165) is 25.3 Å². The maximum absolute atomic E-state index is 4.32. The molecule has 0 amide bonds. The number of pyridine rings is 1. The molecule has 0 spiro atoms. The highest BCUT2D eigenvalue weighted by atomic mass is 15.1. The van der Waals surface area contributed by atoms with Gasteiger partial charge in [0.25, 0.3) is 0 Å². The summed E-state index contributed by atoms with van der Waals surface area (Å²) in [6.45, 7) is 3.23. The van der Waals surface area contributed by atoms with E-state index < -0.39 is 0 Å². The van der Waals surface area contributed by atoms with Crippen LogP contribution in [0, 0.1) is 0 Å². The van der Waals surface area contributed by atoms with Crippen molar-refractivity contribution >= 4 is 0 Å². The molecular formula is C13H23N3. The van der Waals surface area contributed by atoms with Crippen molar-refractivity contribution < 1.29 is 0 Å². The van der Waals surface area contributed by atoms with Gasteiger partial charge in [-0.2, -0.15) is 0 Å². The Morgan fingerprint density at radius 3 is 2.81 bits per heavy atom. The van der Waals surface area contributed by atoms with E-state index in [2.05, 4.69) is 28.3 Å². The van der Waals surface area contributed by atoms with E-state index in [0.29, 0.717) is 0 Å². The van der Waals surface area contributed by atoms with Gasteiger partial charge in [0, 0.05) is 12.7 Å². The van der Waals surface area contributed by atoms with Crippen LogP contribution in [0.15, 0.2) is 24.4 Å². The van der Waals surface area contributed by atoms with Gasteiger partial charge in [-0.15, -0.1) is 0 Å². The number of unbranched alkanes of at least 4 members (excludes halogenated alkanes) is 2. The first-order valence-electron chi connectivity index (χ1n) is 6.06. The topological polar surface area (TPSA) is 28.2 Å². The van der Waals surface area contributed by atoms with Crippen LogP contribution in [0.1, 0.15) is 25.0 Å². The first kappa shape index (κ1) is 13.1. The number of nitrogens with zero attached hydrogens (tertiary/aromatic N) is 2. The van der Waals surface area contributed by atoms with Gasteiger partial charge in [0.2, 0.25) is 0 Å². The highest BCUT2D eigenvalue weighted by Gasteiger charge is 2.00. The molecular weight excluding hydrogens is 198 g/mol. The van der Waals surface area contributed by atoms with E-state index >= 15 is 0 Å². The van der Waals surface area contributed by atoms with Crippen molar-refractivity contribution in [1.82, 2.24) is 15.2 Å². The van der Waals surface area contributed by atoms with E-state index in [1.165, 1.54) is 19.3 Å². The van der Waals surface area contributed by atoms with E-state index in [1.807, 2.05) is 25.4 Å². The molecule has 0 bridgehead atoms. The predicted molar refractivity (Wildman–Crippen MR) is 68.3 cm³/mol. The quantitative estimate of drug-likeness (QED) is 0.680. The lowest BCUT2D eigenvalue weighted by atomic mass is 10.2. The van der Waals surface area contributed by atoms with Gasteiger partial charge >= 0.3 is 0 Å². The molecule has 1 aromatic heterocycles. The zero-order valence-electron chi connectivity index (χ0n) is 10.4. The fraction of sp³-hybridized carbons (Fsp3) is 0.615. The maximum Gasteiger partial charge on any atom is 0.0543 e. The lowest BCUT2D eigenvalue weighted by Crippen LogP contribution is -2.20. The molecule has 0 saturated carbocycles. The SMILES string of the molecule is CNCCCCCN(C)Cc1ccccn1. The molecule has 1 rings (SSSR count). The van der Waals surface area contributed by atoms with Gasteiger partial charge in [-0.25, -0.2) is 0 Å². The van der Waals surface area contributed by atoms with Crippen LogP contribution < -0.4 is 5.32 Å². The fourth-order valence-corrected chi connectivity index (χ4v) is 1.71. The normalized spacial score (nSPS) is 10.9. The molecule has 0 aliphatic carbocycles. The summed E-state index contributed by atoms with van der Waals surface area (Å²) in [4.78, 5) is 6.66. The first-order valence-corrected chi connectivity index (χ1v) is 6.06. The van der Waals surface area contributed by atoms with Gasteiger partial charge in [0.05, 0.1) is 5.69 Å². The monoisotopic (exact) mass is 221 g/mol. The summed E-state index contributed by atoms with van der Waals surface area (Å²) in [5.74, 6) is 0. The molecule has 3 heteroatoms. The standard InChI is InChI=1S/C13H23N3/c1-14-9-5-3-7-11-16(2)12-13-8-4-6-10-15-13/h4,6,8,10,14H,3,5,7,9,11-12H2,1-2H3. The van der Waals surface area contributed by atoms with Gasteiger partial charge in [-0.1, -0.05) is 12.5 Å².